The number of aromatic nitrogens is 1. The number of rotatable bonds is 4. The Bertz CT molecular complexity index is 467. The molecule has 1 unspecified atom stereocenters. The second-order valence-corrected chi connectivity index (χ2v) is 5.44. The Labute approximate surface area is 114 Å². The molecule has 0 saturated carbocycles. The summed E-state index contributed by atoms with van der Waals surface area (Å²) >= 11 is 13.5. The van der Waals surface area contributed by atoms with Gasteiger partial charge in [-0.1, -0.05) is 23.2 Å². The van der Waals surface area contributed by atoms with Crippen molar-refractivity contribution < 1.29 is 0 Å². The quantitative estimate of drug-likeness (QED) is 0.671. The average molecular weight is 288 g/mol. The van der Waals surface area contributed by atoms with E-state index >= 15 is 0 Å². The first-order chi connectivity index (χ1) is 8.19. The first-order valence-corrected chi connectivity index (χ1v) is 6.62. The van der Waals surface area contributed by atoms with Gasteiger partial charge in [-0.05, 0) is 23.8 Å². The maximum atomic E-state index is 5.97. The van der Waals surface area contributed by atoms with Gasteiger partial charge in [-0.3, -0.25) is 16.3 Å². The van der Waals surface area contributed by atoms with Crippen LogP contribution in [0.5, 0.6) is 0 Å². The van der Waals surface area contributed by atoms with E-state index < -0.39 is 0 Å². The number of halogens is 2. The van der Waals surface area contributed by atoms with Crippen molar-refractivity contribution in [2.75, 3.05) is 0 Å². The van der Waals surface area contributed by atoms with Gasteiger partial charge in [0, 0.05) is 27.5 Å². The molecule has 0 spiro atoms. The maximum absolute atomic E-state index is 5.97. The number of hydrazine groups is 1. The van der Waals surface area contributed by atoms with Crippen molar-refractivity contribution in [1.29, 1.82) is 0 Å². The standard InChI is InChI=1S/C11H11Cl2N3S/c12-8-1-7(2-9(13)3-8)11(16-14)4-10-5-15-6-17-10/h1-3,5-6,11,16H,4,14H2. The van der Waals surface area contributed by atoms with Crippen LogP contribution in [0.3, 0.4) is 0 Å². The molecule has 3 N–H and O–H groups in total. The van der Waals surface area contributed by atoms with Gasteiger partial charge in [0.2, 0.25) is 0 Å². The Morgan fingerprint density at radius 1 is 1.29 bits per heavy atom. The van der Waals surface area contributed by atoms with Crippen LogP contribution >= 0.6 is 34.5 Å². The highest BCUT2D eigenvalue weighted by atomic mass is 35.5. The molecule has 90 valence electrons. The van der Waals surface area contributed by atoms with Gasteiger partial charge in [-0.25, -0.2) is 0 Å². The molecule has 0 aliphatic rings. The molecule has 0 radical (unpaired) electrons. The minimum Gasteiger partial charge on any atom is -0.271 e. The Kier molecular flexibility index (Phi) is 4.36. The van der Waals surface area contributed by atoms with E-state index in [9.17, 15) is 0 Å². The molecule has 1 aromatic carbocycles. The lowest BCUT2D eigenvalue weighted by Crippen LogP contribution is -2.29. The highest BCUT2D eigenvalue weighted by molar-refractivity contribution is 7.09. The Morgan fingerprint density at radius 3 is 2.53 bits per heavy atom. The van der Waals surface area contributed by atoms with Crippen molar-refractivity contribution in [2.24, 2.45) is 5.84 Å². The number of nitrogens with one attached hydrogen (secondary N) is 1. The van der Waals surface area contributed by atoms with Crippen LogP contribution in [0.25, 0.3) is 0 Å². The predicted octanol–water partition coefficient (Wildman–Crippen LogP) is 3.20. The maximum Gasteiger partial charge on any atom is 0.0794 e. The first-order valence-electron chi connectivity index (χ1n) is 4.98. The molecule has 0 fully saturated rings. The van der Waals surface area contributed by atoms with Crippen LogP contribution in [-0.4, -0.2) is 4.98 Å². The largest absolute Gasteiger partial charge is 0.271 e. The van der Waals surface area contributed by atoms with E-state index in [-0.39, 0.29) is 6.04 Å². The van der Waals surface area contributed by atoms with E-state index in [1.54, 1.807) is 22.9 Å². The zero-order valence-corrected chi connectivity index (χ0v) is 11.2. The van der Waals surface area contributed by atoms with Gasteiger partial charge in [0.05, 0.1) is 11.6 Å². The second kappa shape index (κ2) is 5.80. The molecule has 0 aliphatic carbocycles. The summed E-state index contributed by atoms with van der Waals surface area (Å²) in [4.78, 5) is 5.19. The summed E-state index contributed by atoms with van der Waals surface area (Å²) < 4.78 is 0. The van der Waals surface area contributed by atoms with Gasteiger partial charge in [0.15, 0.2) is 0 Å². The molecular formula is C11H11Cl2N3S. The highest BCUT2D eigenvalue weighted by Crippen LogP contribution is 2.26. The molecule has 0 bridgehead atoms. The van der Waals surface area contributed by atoms with Gasteiger partial charge in [-0.15, -0.1) is 11.3 Å². The fourth-order valence-corrected chi connectivity index (χ4v) is 2.78. The number of benzene rings is 1. The van der Waals surface area contributed by atoms with E-state index in [4.69, 9.17) is 29.0 Å². The minimum absolute atomic E-state index is 0.0216. The number of nitrogens with two attached hydrogens (primary N) is 1. The average Bonchev–Trinajstić information content (AvgIpc) is 2.77. The lowest BCUT2D eigenvalue weighted by Gasteiger charge is -2.15. The molecule has 1 aromatic heterocycles. The molecular weight excluding hydrogens is 277 g/mol. The topological polar surface area (TPSA) is 50.9 Å². The summed E-state index contributed by atoms with van der Waals surface area (Å²) in [6.07, 6.45) is 2.60. The smallest absolute Gasteiger partial charge is 0.0794 e. The van der Waals surface area contributed by atoms with Crippen LogP contribution in [0, 0.1) is 0 Å². The Morgan fingerprint density at radius 2 is 2.00 bits per heavy atom. The van der Waals surface area contributed by atoms with Crippen molar-refractivity contribution in [3.05, 3.63) is 50.4 Å². The van der Waals surface area contributed by atoms with Crippen molar-refractivity contribution in [1.82, 2.24) is 10.4 Å². The lowest BCUT2D eigenvalue weighted by molar-refractivity contribution is 0.555. The molecule has 2 aromatic rings. The van der Waals surface area contributed by atoms with E-state index in [2.05, 4.69) is 10.4 Å². The van der Waals surface area contributed by atoms with Crippen molar-refractivity contribution >= 4 is 34.5 Å². The molecule has 0 saturated heterocycles. The molecule has 2 rings (SSSR count). The van der Waals surface area contributed by atoms with E-state index in [1.165, 1.54) is 0 Å². The number of hydrogen-bond donors (Lipinski definition) is 2. The summed E-state index contributed by atoms with van der Waals surface area (Å²) in [6, 6.07) is 5.40. The number of thiazole rings is 1. The van der Waals surface area contributed by atoms with Crippen LogP contribution < -0.4 is 11.3 Å². The normalized spacial score (nSPS) is 12.6. The van der Waals surface area contributed by atoms with Gasteiger partial charge in [-0.2, -0.15) is 0 Å². The Hall–Kier alpha value is -0.650. The highest BCUT2D eigenvalue weighted by Gasteiger charge is 2.12. The molecule has 6 heteroatoms. The zero-order valence-electron chi connectivity index (χ0n) is 8.86. The minimum atomic E-state index is -0.0216. The summed E-state index contributed by atoms with van der Waals surface area (Å²) in [5.41, 5.74) is 5.54. The molecule has 3 nitrogen and oxygen atoms in total. The SMILES string of the molecule is NNC(Cc1cncs1)c1cc(Cl)cc(Cl)c1. The van der Waals surface area contributed by atoms with E-state index in [0.29, 0.717) is 10.0 Å². The molecule has 1 atom stereocenters. The van der Waals surface area contributed by atoms with Gasteiger partial charge in [0.25, 0.3) is 0 Å². The van der Waals surface area contributed by atoms with Crippen LogP contribution in [0.15, 0.2) is 29.9 Å². The molecule has 0 amide bonds. The fraction of sp³-hybridized carbons (Fsp3) is 0.182. The van der Waals surface area contributed by atoms with Crippen LogP contribution in [0.1, 0.15) is 16.5 Å². The summed E-state index contributed by atoms with van der Waals surface area (Å²) in [7, 11) is 0. The monoisotopic (exact) mass is 287 g/mol. The fourth-order valence-electron chi connectivity index (χ4n) is 1.59. The van der Waals surface area contributed by atoms with Gasteiger partial charge in [0.1, 0.15) is 0 Å². The Balaban J connectivity index is 2.22. The second-order valence-electron chi connectivity index (χ2n) is 3.59. The van der Waals surface area contributed by atoms with Crippen molar-refractivity contribution in [2.45, 2.75) is 12.5 Å². The third kappa shape index (κ3) is 3.40. The van der Waals surface area contributed by atoms with Crippen molar-refractivity contribution in [3.8, 4) is 0 Å². The molecule has 0 aliphatic heterocycles. The predicted molar refractivity (Wildman–Crippen MR) is 72.3 cm³/mol. The summed E-state index contributed by atoms with van der Waals surface area (Å²) in [5, 5.41) is 1.22. The van der Waals surface area contributed by atoms with Gasteiger partial charge >= 0.3 is 0 Å². The third-order valence-electron chi connectivity index (χ3n) is 2.38. The van der Waals surface area contributed by atoms with Gasteiger partial charge < -0.3 is 0 Å². The van der Waals surface area contributed by atoms with Crippen LogP contribution in [-0.2, 0) is 6.42 Å². The van der Waals surface area contributed by atoms with Crippen molar-refractivity contribution in [3.63, 3.8) is 0 Å². The number of hydrogen-bond acceptors (Lipinski definition) is 4. The summed E-state index contributed by atoms with van der Waals surface area (Å²) in [5.74, 6) is 5.57. The van der Waals surface area contributed by atoms with Crippen LogP contribution in [0.4, 0.5) is 0 Å². The van der Waals surface area contributed by atoms with E-state index in [0.717, 1.165) is 16.9 Å². The molecule has 17 heavy (non-hydrogen) atoms. The lowest BCUT2D eigenvalue weighted by atomic mass is 10.0. The van der Waals surface area contributed by atoms with E-state index in [1.807, 2.05) is 18.3 Å². The summed E-state index contributed by atoms with van der Waals surface area (Å²) in [6.45, 7) is 0. The first kappa shape index (κ1) is 12.8. The zero-order chi connectivity index (χ0) is 12.3. The van der Waals surface area contributed by atoms with Crippen LogP contribution in [0.2, 0.25) is 10.0 Å². The molecule has 1 heterocycles. The number of nitrogens with zero attached hydrogens (tertiary/aromatic N) is 1. The third-order valence-corrected chi connectivity index (χ3v) is 3.62.